The molecule has 1 amide bonds. The van der Waals surface area contributed by atoms with Crippen LogP contribution in [0.2, 0.25) is 0 Å². The zero-order valence-corrected chi connectivity index (χ0v) is 7.76. The monoisotopic (exact) mass is 196 g/mol. The van der Waals surface area contributed by atoms with Crippen molar-refractivity contribution in [3.63, 3.8) is 0 Å². The summed E-state index contributed by atoms with van der Waals surface area (Å²) in [7, 11) is 0. The van der Waals surface area contributed by atoms with Crippen LogP contribution in [0.25, 0.3) is 0 Å². The summed E-state index contributed by atoms with van der Waals surface area (Å²) in [4.78, 5) is 16.1. The van der Waals surface area contributed by atoms with Gasteiger partial charge >= 0.3 is 0 Å². The fraction of sp³-hybridized carbons (Fsp3) is 0.286. The Morgan fingerprint density at radius 1 is 1.69 bits per heavy atom. The molecule has 6 heteroatoms. The first-order valence-corrected chi connectivity index (χ1v) is 4.61. The molecule has 1 aliphatic rings. The number of amides is 1. The average molecular weight is 196 g/mol. The highest BCUT2D eigenvalue weighted by molar-refractivity contribution is 7.09. The molecule has 0 radical (unpaired) electrons. The smallest absolute Gasteiger partial charge is 0.263 e. The van der Waals surface area contributed by atoms with Crippen molar-refractivity contribution < 1.29 is 4.79 Å². The van der Waals surface area contributed by atoms with Gasteiger partial charge < -0.3 is 5.73 Å². The van der Waals surface area contributed by atoms with Crippen LogP contribution >= 0.6 is 11.3 Å². The summed E-state index contributed by atoms with van der Waals surface area (Å²) in [5.74, 6) is -0.276. The van der Waals surface area contributed by atoms with E-state index in [1.165, 1.54) is 11.3 Å². The maximum atomic E-state index is 11.0. The van der Waals surface area contributed by atoms with E-state index in [2.05, 4.69) is 15.5 Å². The van der Waals surface area contributed by atoms with Crippen LogP contribution in [0.4, 0.5) is 0 Å². The molecule has 0 spiro atoms. The molecular formula is C7H8N4OS. The van der Waals surface area contributed by atoms with Crippen molar-refractivity contribution in [2.75, 3.05) is 0 Å². The minimum absolute atomic E-state index is 0.276. The van der Waals surface area contributed by atoms with E-state index < -0.39 is 6.04 Å². The normalized spacial score (nSPS) is 21.5. The standard InChI is InChI=1S/C7H8N4OS/c1-3-5(9-2-13-3)6-4(8)7(12)11-10-6/h2,4H,8H2,1H3,(H,11,12). The summed E-state index contributed by atoms with van der Waals surface area (Å²) in [5.41, 5.74) is 10.9. The van der Waals surface area contributed by atoms with Crippen molar-refractivity contribution in [1.82, 2.24) is 10.4 Å². The molecule has 0 aliphatic carbocycles. The number of hydrazone groups is 1. The second kappa shape index (κ2) is 2.90. The second-order valence-corrected chi connectivity index (χ2v) is 3.77. The quantitative estimate of drug-likeness (QED) is 0.642. The van der Waals surface area contributed by atoms with E-state index in [0.717, 1.165) is 10.6 Å². The molecule has 0 saturated heterocycles. The summed E-state index contributed by atoms with van der Waals surface area (Å²) in [6, 6.07) is -0.680. The molecule has 2 heterocycles. The molecule has 0 bridgehead atoms. The number of nitrogens with two attached hydrogens (primary N) is 1. The fourth-order valence-corrected chi connectivity index (χ4v) is 1.72. The molecule has 1 aliphatic heterocycles. The van der Waals surface area contributed by atoms with Crippen molar-refractivity contribution in [1.29, 1.82) is 0 Å². The molecule has 68 valence electrons. The van der Waals surface area contributed by atoms with Gasteiger partial charge in [0.15, 0.2) is 0 Å². The van der Waals surface area contributed by atoms with Crippen LogP contribution in [-0.4, -0.2) is 22.6 Å². The van der Waals surface area contributed by atoms with Gasteiger partial charge in [-0.1, -0.05) is 0 Å². The first-order valence-electron chi connectivity index (χ1n) is 3.73. The second-order valence-electron chi connectivity index (χ2n) is 2.71. The number of rotatable bonds is 1. The number of hydrogen-bond acceptors (Lipinski definition) is 5. The van der Waals surface area contributed by atoms with Gasteiger partial charge in [-0.3, -0.25) is 4.79 Å². The predicted octanol–water partition coefficient (Wildman–Crippen LogP) is -0.387. The maximum absolute atomic E-state index is 11.0. The Kier molecular flexibility index (Phi) is 1.86. The lowest BCUT2D eigenvalue weighted by atomic mass is 10.1. The minimum atomic E-state index is -0.680. The zero-order valence-electron chi connectivity index (χ0n) is 6.94. The van der Waals surface area contributed by atoms with Crippen LogP contribution in [-0.2, 0) is 4.79 Å². The first kappa shape index (κ1) is 8.33. The number of nitrogens with zero attached hydrogens (tertiary/aromatic N) is 2. The molecule has 0 aromatic carbocycles. The number of hydrogen-bond donors (Lipinski definition) is 2. The van der Waals surface area contributed by atoms with E-state index in [4.69, 9.17) is 5.73 Å². The Hall–Kier alpha value is -1.27. The van der Waals surface area contributed by atoms with Gasteiger partial charge in [0, 0.05) is 4.88 Å². The third-order valence-electron chi connectivity index (χ3n) is 1.85. The highest BCUT2D eigenvalue weighted by atomic mass is 32.1. The lowest BCUT2D eigenvalue weighted by molar-refractivity contribution is -0.120. The molecule has 1 aromatic rings. The van der Waals surface area contributed by atoms with Gasteiger partial charge in [-0.15, -0.1) is 11.3 Å². The highest BCUT2D eigenvalue weighted by Gasteiger charge is 2.29. The molecule has 0 fully saturated rings. The third kappa shape index (κ3) is 1.24. The van der Waals surface area contributed by atoms with Crippen molar-refractivity contribution in [2.24, 2.45) is 10.8 Å². The first-order chi connectivity index (χ1) is 6.20. The number of thiazole rings is 1. The topological polar surface area (TPSA) is 80.4 Å². The summed E-state index contributed by atoms with van der Waals surface area (Å²) < 4.78 is 0. The van der Waals surface area contributed by atoms with E-state index in [-0.39, 0.29) is 5.91 Å². The number of aryl methyl sites for hydroxylation is 1. The summed E-state index contributed by atoms with van der Waals surface area (Å²) >= 11 is 1.51. The molecule has 2 rings (SSSR count). The predicted molar refractivity (Wildman–Crippen MR) is 49.5 cm³/mol. The van der Waals surface area contributed by atoms with Gasteiger partial charge in [0.25, 0.3) is 5.91 Å². The largest absolute Gasteiger partial charge is 0.315 e. The van der Waals surface area contributed by atoms with Gasteiger partial charge in [-0.05, 0) is 6.92 Å². The molecule has 3 N–H and O–H groups in total. The Bertz CT molecular complexity index is 384. The van der Waals surface area contributed by atoms with E-state index in [1.54, 1.807) is 5.51 Å². The highest BCUT2D eigenvalue weighted by Crippen LogP contribution is 2.15. The number of nitrogens with one attached hydrogen (secondary N) is 1. The van der Waals surface area contributed by atoms with Crippen LogP contribution in [0, 0.1) is 6.92 Å². The Labute approximate surface area is 78.7 Å². The number of carbonyl (C=O) groups excluding carboxylic acids is 1. The van der Waals surface area contributed by atoms with E-state index in [0.29, 0.717) is 5.71 Å². The maximum Gasteiger partial charge on any atom is 0.263 e. The molecule has 1 atom stereocenters. The molecule has 1 aromatic heterocycles. The van der Waals surface area contributed by atoms with E-state index in [1.807, 2.05) is 6.92 Å². The van der Waals surface area contributed by atoms with E-state index in [9.17, 15) is 4.79 Å². The van der Waals surface area contributed by atoms with Gasteiger partial charge in [0.1, 0.15) is 17.4 Å². The van der Waals surface area contributed by atoms with Gasteiger partial charge in [-0.2, -0.15) is 5.10 Å². The lowest BCUT2D eigenvalue weighted by Crippen LogP contribution is -2.37. The summed E-state index contributed by atoms with van der Waals surface area (Å²) in [5, 5.41) is 3.84. The average Bonchev–Trinajstić information content (AvgIpc) is 2.62. The van der Waals surface area contributed by atoms with Crippen molar-refractivity contribution in [2.45, 2.75) is 13.0 Å². The van der Waals surface area contributed by atoms with Gasteiger partial charge in [0.05, 0.1) is 5.51 Å². The number of aromatic nitrogens is 1. The van der Waals surface area contributed by atoms with Crippen molar-refractivity contribution in [3.05, 3.63) is 16.1 Å². The molecular weight excluding hydrogens is 188 g/mol. The zero-order chi connectivity index (χ0) is 9.42. The van der Waals surface area contributed by atoms with Gasteiger partial charge in [0.2, 0.25) is 0 Å². The van der Waals surface area contributed by atoms with Crippen LogP contribution in [0.15, 0.2) is 10.6 Å². The minimum Gasteiger partial charge on any atom is -0.315 e. The van der Waals surface area contributed by atoms with E-state index >= 15 is 0 Å². The number of carbonyl (C=O) groups is 1. The molecule has 1 unspecified atom stereocenters. The van der Waals surface area contributed by atoms with Crippen LogP contribution < -0.4 is 11.2 Å². The fourth-order valence-electron chi connectivity index (χ4n) is 1.13. The molecule has 13 heavy (non-hydrogen) atoms. The van der Waals surface area contributed by atoms with Crippen molar-refractivity contribution in [3.8, 4) is 0 Å². The van der Waals surface area contributed by atoms with Crippen LogP contribution in [0.1, 0.15) is 10.6 Å². The summed E-state index contributed by atoms with van der Waals surface area (Å²) in [6.45, 7) is 1.92. The lowest BCUT2D eigenvalue weighted by Gasteiger charge is -2.01. The molecule has 0 saturated carbocycles. The van der Waals surface area contributed by atoms with Crippen LogP contribution in [0.5, 0.6) is 0 Å². The Balaban J connectivity index is 2.39. The summed E-state index contributed by atoms with van der Waals surface area (Å²) in [6.07, 6.45) is 0. The Morgan fingerprint density at radius 2 is 2.46 bits per heavy atom. The third-order valence-corrected chi connectivity index (χ3v) is 2.61. The van der Waals surface area contributed by atoms with Gasteiger partial charge in [-0.25, -0.2) is 10.4 Å². The Morgan fingerprint density at radius 3 is 2.92 bits per heavy atom. The SMILES string of the molecule is Cc1scnc1C1=NNC(=O)C1N. The van der Waals surface area contributed by atoms with Crippen LogP contribution in [0.3, 0.4) is 0 Å². The van der Waals surface area contributed by atoms with Crippen molar-refractivity contribution >= 4 is 23.0 Å². The molecule has 5 nitrogen and oxygen atoms in total.